The van der Waals surface area contributed by atoms with Gasteiger partial charge in [-0.15, -0.1) is 0 Å². The number of hydrogen-bond donors (Lipinski definition) is 0. The quantitative estimate of drug-likeness (QED) is 0.506. The maximum absolute atomic E-state index is 13.4. The van der Waals surface area contributed by atoms with Crippen molar-refractivity contribution < 1.29 is 17.5 Å². The molecule has 0 N–H and O–H groups in total. The Morgan fingerprint density at radius 2 is 1.57 bits per heavy atom. The van der Waals surface area contributed by atoms with Crippen LogP contribution in [0.4, 0.5) is 10.1 Å². The average Bonchev–Trinajstić information content (AvgIpc) is 2.69. The van der Waals surface area contributed by atoms with Crippen molar-refractivity contribution in [3.8, 4) is 5.75 Å². The summed E-state index contributed by atoms with van der Waals surface area (Å²) in [5.74, 6) is 0.0804. The zero-order valence-corrected chi connectivity index (χ0v) is 17.1. The Bertz CT molecular complexity index is 1070. The van der Waals surface area contributed by atoms with Crippen LogP contribution in [0.2, 0.25) is 10.0 Å². The van der Waals surface area contributed by atoms with Crippen molar-refractivity contribution in [3.63, 3.8) is 0 Å². The minimum Gasteiger partial charge on any atom is -0.497 e. The third-order valence-corrected chi connectivity index (χ3v) is 6.60. The number of anilines is 1. The maximum Gasteiger partial charge on any atom is 0.264 e. The molecule has 0 bridgehead atoms. The van der Waals surface area contributed by atoms with E-state index in [1.54, 1.807) is 30.3 Å². The Kier molecular flexibility index (Phi) is 6.13. The van der Waals surface area contributed by atoms with Gasteiger partial charge in [-0.25, -0.2) is 12.8 Å². The van der Waals surface area contributed by atoms with Gasteiger partial charge in [0.2, 0.25) is 0 Å². The van der Waals surface area contributed by atoms with E-state index in [-0.39, 0.29) is 11.4 Å². The van der Waals surface area contributed by atoms with Crippen LogP contribution >= 0.6 is 23.2 Å². The van der Waals surface area contributed by atoms with Crippen LogP contribution in [0.5, 0.6) is 5.75 Å². The van der Waals surface area contributed by atoms with Crippen LogP contribution in [0.1, 0.15) is 5.56 Å². The Balaban J connectivity index is 2.06. The normalized spacial score (nSPS) is 11.3. The summed E-state index contributed by atoms with van der Waals surface area (Å²) in [7, 11) is -2.44. The summed E-state index contributed by atoms with van der Waals surface area (Å²) in [6.45, 7) is -0.00309. The first-order valence-corrected chi connectivity index (χ1v) is 10.4. The molecule has 0 amide bonds. The van der Waals surface area contributed by atoms with Crippen LogP contribution in [0.25, 0.3) is 0 Å². The first kappa shape index (κ1) is 20.5. The van der Waals surface area contributed by atoms with E-state index in [0.29, 0.717) is 27.0 Å². The van der Waals surface area contributed by atoms with Crippen molar-refractivity contribution >= 4 is 38.9 Å². The van der Waals surface area contributed by atoms with Gasteiger partial charge in [0, 0.05) is 0 Å². The van der Waals surface area contributed by atoms with Crippen molar-refractivity contribution in [3.05, 3.63) is 88.2 Å². The van der Waals surface area contributed by atoms with Gasteiger partial charge in [0.05, 0.1) is 34.3 Å². The number of nitrogens with zero attached hydrogens (tertiary/aromatic N) is 1. The summed E-state index contributed by atoms with van der Waals surface area (Å²) in [5.41, 5.74) is 0.958. The van der Waals surface area contributed by atoms with Gasteiger partial charge in [0.25, 0.3) is 10.0 Å². The maximum atomic E-state index is 13.4. The van der Waals surface area contributed by atoms with E-state index in [4.69, 9.17) is 27.9 Å². The van der Waals surface area contributed by atoms with E-state index < -0.39 is 15.8 Å². The molecule has 146 valence electrons. The summed E-state index contributed by atoms with van der Waals surface area (Å²) in [6, 6.07) is 16.2. The molecule has 8 heteroatoms. The lowest BCUT2D eigenvalue weighted by atomic mass is 10.2. The smallest absolute Gasteiger partial charge is 0.264 e. The predicted octanol–water partition coefficient (Wildman–Crippen LogP) is 5.54. The number of methoxy groups -OCH3 is 1. The number of halogens is 3. The van der Waals surface area contributed by atoms with Crippen molar-refractivity contribution in [2.24, 2.45) is 0 Å². The van der Waals surface area contributed by atoms with Crippen LogP contribution in [0.15, 0.2) is 71.6 Å². The van der Waals surface area contributed by atoms with Crippen molar-refractivity contribution in [2.45, 2.75) is 11.4 Å². The fourth-order valence-electron chi connectivity index (χ4n) is 2.60. The second-order valence-corrected chi connectivity index (χ2v) is 8.59. The lowest BCUT2D eigenvalue weighted by Gasteiger charge is -2.25. The lowest BCUT2D eigenvalue weighted by Crippen LogP contribution is -2.30. The molecule has 0 atom stereocenters. The Morgan fingerprint density at radius 3 is 2.14 bits per heavy atom. The second kappa shape index (κ2) is 8.39. The van der Waals surface area contributed by atoms with Gasteiger partial charge < -0.3 is 4.74 Å². The predicted molar refractivity (Wildman–Crippen MR) is 109 cm³/mol. The standard InChI is InChI=1S/C20H16Cl2FNO3S/c1-27-17-7-9-18(10-8-17)28(25,26)24(16-5-3-15(23)4-6-16)13-14-2-11-19(21)20(22)12-14/h2-12H,13H2,1H3. The summed E-state index contributed by atoms with van der Waals surface area (Å²) >= 11 is 12.0. The van der Waals surface area contributed by atoms with Crippen LogP contribution in [-0.4, -0.2) is 15.5 Å². The molecule has 0 aromatic heterocycles. The molecule has 0 aliphatic rings. The molecule has 0 unspecified atom stereocenters. The average molecular weight is 440 g/mol. The molecule has 0 spiro atoms. The topological polar surface area (TPSA) is 46.6 Å². The first-order chi connectivity index (χ1) is 13.3. The van der Waals surface area contributed by atoms with Crippen molar-refractivity contribution in [1.82, 2.24) is 0 Å². The van der Waals surface area contributed by atoms with E-state index in [1.807, 2.05) is 0 Å². The number of rotatable bonds is 6. The number of sulfonamides is 1. The Hall–Kier alpha value is -2.28. The monoisotopic (exact) mass is 439 g/mol. The molecule has 0 saturated heterocycles. The molecule has 3 aromatic carbocycles. The third kappa shape index (κ3) is 4.41. The summed E-state index contributed by atoms with van der Waals surface area (Å²) in [6.07, 6.45) is 0. The highest BCUT2D eigenvalue weighted by Gasteiger charge is 2.25. The highest BCUT2D eigenvalue weighted by atomic mass is 35.5. The summed E-state index contributed by atoms with van der Waals surface area (Å²) in [5, 5.41) is 0.692. The van der Waals surface area contributed by atoms with E-state index in [0.717, 1.165) is 0 Å². The molecule has 4 nitrogen and oxygen atoms in total. The van der Waals surface area contributed by atoms with E-state index in [1.165, 1.54) is 47.8 Å². The summed E-state index contributed by atoms with van der Waals surface area (Å²) < 4.78 is 46.2. The third-order valence-electron chi connectivity index (χ3n) is 4.07. The fourth-order valence-corrected chi connectivity index (χ4v) is 4.37. The molecule has 0 radical (unpaired) electrons. The molecular weight excluding hydrogens is 424 g/mol. The molecule has 0 saturated carbocycles. The molecule has 3 rings (SSSR count). The molecule has 28 heavy (non-hydrogen) atoms. The van der Waals surface area contributed by atoms with E-state index in [2.05, 4.69) is 0 Å². The van der Waals surface area contributed by atoms with Gasteiger partial charge in [0.15, 0.2) is 0 Å². The van der Waals surface area contributed by atoms with Gasteiger partial charge in [-0.3, -0.25) is 4.31 Å². The largest absolute Gasteiger partial charge is 0.497 e. The van der Waals surface area contributed by atoms with Crippen molar-refractivity contribution in [1.29, 1.82) is 0 Å². The molecule has 0 heterocycles. The zero-order chi connectivity index (χ0) is 20.3. The minimum absolute atomic E-state index is 0.00309. The minimum atomic E-state index is -3.93. The Morgan fingerprint density at radius 1 is 0.929 bits per heavy atom. The summed E-state index contributed by atoms with van der Waals surface area (Å²) in [4.78, 5) is 0.0812. The lowest BCUT2D eigenvalue weighted by molar-refractivity contribution is 0.414. The van der Waals surface area contributed by atoms with E-state index in [9.17, 15) is 12.8 Å². The number of ether oxygens (including phenoxy) is 1. The van der Waals surface area contributed by atoms with E-state index >= 15 is 0 Å². The fraction of sp³-hybridized carbons (Fsp3) is 0.100. The van der Waals surface area contributed by atoms with Crippen LogP contribution in [-0.2, 0) is 16.6 Å². The van der Waals surface area contributed by atoms with Gasteiger partial charge in [-0.2, -0.15) is 0 Å². The van der Waals surface area contributed by atoms with Gasteiger partial charge in [-0.05, 0) is 66.2 Å². The zero-order valence-electron chi connectivity index (χ0n) is 14.8. The van der Waals surface area contributed by atoms with Crippen molar-refractivity contribution in [2.75, 3.05) is 11.4 Å². The second-order valence-electron chi connectivity index (χ2n) is 5.91. The number of benzene rings is 3. The molecule has 3 aromatic rings. The Labute approximate surface area is 173 Å². The van der Waals surface area contributed by atoms with Gasteiger partial charge in [-0.1, -0.05) is 29.3 Å². The van der Waals surface area contributed by atoms with Gasteiger partial charge in [0.1, 0.15) is 11.6 Å². The van der Waals surface area contributed by atoms with Crippen LogP contribution < -0.4 is 9.04 Å². The van der Waals surface area contributed by atoms with Gasteiger partial charge >= 0.3 is 0 Å². The highest BCUT2D eigenvalue weighted by Crippen LogP contribution is 2.29. The first-order valence-electron chi connectivity index (χ1n) is 8.17. The molecule has 0 fully saturated rings. The molecule has 0 aliphatic heterocycles. The molecular formula is C20H16Cl2FNO3S. The molecule has 0 aliphatic carbocycles. The highest BCUT2D eigenvalue weighted by molar-refractivity contribution is 7.92. The van der Waals surface area contributed by atoms with Crippen LogP contribution in [0, 0.1) is 5.82 Å². The van der Waals surface area contributed by atoms with Crippen LogP contribution in [0.3, 0.4) is 0 Å². The number of hydrogen-bond acceptors (Lipinski definition) is 3. The SMILES string of the molecule is COc1ccc(S(=O)(=O)N(Cc2ccc(Cl)c(Cl)c2)c2ccc(F)cc2)cc1.